The highest BCUT2D eigenvalue weighted by Gasteiger charge is 2.06. The summed E-state index contributed by atoms with van der Waals surface area (Å²) in [6.07, 6.45) is 11.4. The van der Waals surface area contributed by atoms with E-state index in [1.54, 1.807) is 5.57 Å². The number of allylic oxidation sites excluding steroid dienone is 2. The zero-order chi connectivity index (χ0) is 6.53. The average molecular weight is 123 g/mol. The van der Waals surface area contributed by atoms with E-state index in [0.717, 1.165) is 0 Å². The van der Waals surface area contributed by atoms with Crippen LogP contribution in [-0.4, -0.2) is 0 Å². The van der Waals surface area contributed by atoms with Crippen LogP contribution >= 0.6 is 0 Å². The van der Waals surface area contributed by atoms with Crippen LogP contribution in [0.5, 0.6) is 0 Å². The molecule has 1 saturated carbocycles. The fourth-order valence-electron chi connectivity index (χ4n) is 0.972. The van der Waals surface area contributed by atoms with Crippen molar-refractivity contribution >= 4 is 0 Å². The molecule has 0 saturated heterocycles. The molecule has 0 aromatic rings. The molecule has 1 aliphatic rings. The van der Waals surface area contributed by atoms with Gasteiger partial charge in [0.05, 0.1) is 0 Å². The van der Waals surface area contributed by atoms with Crippen LogP contribution in [0.4, 0.5) is 0 Å². The lowest BCUT2D eigenvalue weighted by Gasteiger charge is -2.14. The van der Waals surface area contributed by atoms with Crippen molar-refractivity contribution in [2.24, 2.45) is 0 Å². The smallest absolute Gasteiger partial charge is 0.0277 e. The van der Waals surface area contributed by atoms with E-state index >= 15 is 0 Å². The zero-order valence-electron chi connectivity index (χ0n) is 6.24. The van der Waals surface area contributed by atoms with E-state index in [1.165, 1.54) is 38.5 Å². The van der Waals surface area contributed by atoms with Crippen LogP contribution in [0.2, 0.25) is 0 Å². The first-order chi connectivity index (χ1) is 4.43. The Kier molecular flexibility index (Phi) is 2.82. The molecule has 1 fully saturated rings. The van der Waals surface area contributed by atoms with Crippen molar-refractivity contribution in [2.45, 2.75) is 45.4 Å². The second kappa shape index (κ2) is 3.71. The van der Waals surface area contributed by atoms with Gasteiger partial charge < -0.3 is 0 Å². The second-order valence-corrected chi connectivity index (χ2v) is 2.74. The lowest BCUT2D eigenvalue weighted by Crippen LogP contribution is -1.96. The monoisotopic (exact) mass is 123 g/mol. The minimum atomic E-state index is 1.20. The Labute approximate surface area is 58.0 Å². The molecule has 0 spiro atoms. The van der Waals surface area contributed by atoms with Gasteiger partial charge in [-0.05, 0) is 38.2 Å². The van der Waals surface area contributed by atoms with Gasteiger partial charge in [0.15, 0.2) is 0 Å². The second-order valence-electron chi connectivity index (χ2n) is 2.74. The van der Waals surface area contributed by atoms with E-state index < -0.39 is 0 Å². The summed E-state index contributed by atoms with van der Waals surface area (Å²) in [5.74, 6) is 0. The molecule has 0 unspecified atom stereocenters. The molecule has 1 rings (SSSR count). The Bertz CT molecular complexity index is 94.6. The molecule has 0 aromatic carbocycles. The lowest BCUT2D eigenvalue weighted by molar-refractivity contribution is 0.644. The highest BCUT2D eigenvalue weighted by molar-refractivity contribution is 5.04. The van der Waals surface area contributed by atoms with Crippen LogP contribution in [-0.2, 0) is 0 Å². The molecule has 9 heavy (non-hydrogen) atoms. The lowest BCUT2D eigenvalue weighted by atomic mass is 9.91. The molecule has 0 N–H and O–H groups in total. The van der Waals surface area contributed by atoms with Gasteiger partial charge in [-0.3, -0.25) is 0 Å². The third-order valence-corrected chi connectivity index (χ3v) is 1.86. The van der Waals surface area contributed by atoms with Gasteiger partial charge in [-0.15, -0.1) is 0 Å². The van der Waals surface area contributed by atoms with Gasteiger partial charge in [-0.1, -0.05) is 18.9 Å². The molecule has 1 radical (unpaired) electrons. The van der Waals surface area contributed by atoms with Crippen molar-refractivity contribution in [3.05, 3.63) is 11.6 Å². The quantitative estimate of drug-likeness (QED) is 0.506. The third-order valence-electron chi connectivity index (χ3n) is 1.86. The molecule has 0 aromatic heterocycles. The van der Waals surface area contributed by atoms with Gasteiger partial charge in [0.25, 0.3) is 0 Å². The summed E-state index contributed by atoms with van der Waals surface area (Å²) in [5, 5.41) is 0. The minimum absolute atomic E-state index is 1.20. The molecule has 0 nitrogen and oxygen atoms in total. The fourth-order valence-corrected chi connectivity index (χ4v) is 0.972. The molecule has 51 valence electrons. The maximum Gasteiger partial charge on any atom is -0.0277 e. The fraction of sp³-hybridized carbons (Fsp3) is 0.778. The van der Waals surface area contributed by atoms with Gasteiger partial charge in [0.1, 0.15) is 0 Å². The summed E-state index contributed by atoms with van der Waals surface area (Å²) in [4.78, 5) is 0. The Balaban J connectivity index is 2.01. The predicted octanol–water partition coefficient (Wildman–Crippen LogP) is 3.09. The highest BCUT2D eigenvalue weighted by atomic mass is 14.1. The molecular formula is C9H15. The van der Waals surface area contributed by atoms with Crippen LogP contribution in [0, 0.1) is 6.08 Å². The first-order valence-corrected chi connectivity index (χ1v) is 4.02. The van der Waals surface area contributed by atoms with Crippen LogP contribution < -0.4 is 0 Å². The van der Waals surface area contributed by atoms with E-state index in [2.05, 4.69) is 13.0 Å². The number of hydrogen-bond acceptors (Lipinski definition) is 0. The molecule has 0 bridgehead atoms. The normalized spacial score (nSPS) is 17.2. The zero-order valence-corrected chi connectivity index (χ0v) is 6.24. The Morgan fingerprint density at radius 2 is 2.22 bits per heavy atom. The van der Waals surface area contributed by atoms with Crippen molar-refractivity contribution in [3.8, 4) is 0 Å². The van der Waals surface area contributed by atoms with E-state index in [9.17, 15) is 0 Å². The van der Waals surface area contributed by atoms with Crippen molar-refractivity contribution in [1.82, 2.24) is 0 Å². The van der Waals surface area contributed by atoms with Crippen LogP contribution in [0.25, 0.3) is 0 Å². The maximum atomic E-state index is 3.44. The average Bonchev–Trinajstić information content (AvgIpc) is 1.76. The number of hydrogen-bond donors (Lipinski definition) is 0. The summed E-state index contributed by atoms with van der Waals surface area (Å²) in [6, 6.07) is 0. The molecule has 0 heterocycles. The van der Waals surface area contributed by atoms with Crippen LogP contribution in [0.15, 0.2) is 5.57 Å². The summed E-state index contributed by atoms with van der Waals surface area (Å²) >= 11 is 0. The van der Waals surface area contributed by atoms with Gasteiger partial charge in [-0.2, -0.15) is 0 Å². The van der Waals surface area contributed by atoms with Crippen molar-refractivity contribution in [3.63, 3.8) is 0 Å². The molecule has 0 amide bonds. The first kappa shape index (κ1) is 6.85. The van der Waals surface area contributed by atoms with E-state index in [4.69, 9.17) is 0 Å². The minimum Gasteiger partial charge on any atom is -0.0667 e. The van der Waals surface area contributed by atoms with Crippen molar-refractivity contribution in [1.29, 1.82) is 0 Å². The number of unbranched alkanes of at least 4 members (excludes halogenated alkanes) is 2. The maximum absolute atomic E-state index is 3.44. The van der Waals surface area contributed by atoms with Gasteiger partial charge >= 0.3 is 0 Å². The SMILES string of the molecule is CCCC[C]=C1CCC1. The topological polar surface area (TPSA) is 0 Å². The Morgan fingerprint density at radius 1 is 1.44 bits per heavy atom. The molecular weight excluding hydrogens is 108 g/mol. The Hall–Kier alpha value is -0.260. The van der Waals surface area contributed by atoms with Crippen molar-refractivity contribution < 1.29 is 0 Å². The molecule has 1 aliphatic carbocycles. The Morgan fingerprint density at radius 3 is 2.67 bits per heavy atom. The highest BCUT2D eigenvalue weighted by Crippen LogP contribution is 2.25. The largest absolute Gasteiger partial charge is 0.0667 e. The predicted molar refractivity (Wildman–Crippen MR) is 40.1 cm³/mol. The molecule has 0 heteroatoms. The van der Waals surface area contributed by atoms with Gasteiger partial charge in [-0.25, -0.2) is 0 Å². The van der Waals surface area contributed by atoms with Crippen molar-refractivity contribution in [2.75, 3.05) is 0 Å². The van der Waals surface area contributed by atoms with Gasteiger partial charge in [0.2, 0.25) is 0 Å². The van der Waals surface area contributed by atoms with E-state index in [-0.39, 0.29) is 0 Å². The summed E-state index contributed by atoms with van der Waals surface area (Å²) in [6.45, 7) is 2.23. The van der Waals surface area contributed by atoms with E-state index in [1.807, 2.05) is 0 Å². The van der Waals surface area contributed by atoms with Crippen LogP contribution in [0.1, 0.15) is 45.4 Å². The van der Waals surface area contributed by atoms with Gasteiger partial charge in [0, 0.05) is 0 Å². The first-order valence-electron chi connectivity index (χ1n) is 4.02. The summed E-state index contributed by atoms with van der Waals surface area (Å²) in [7, 11) is 0. The standard InChI is InChI=1S/C9H15/c1-2-3-4-6-9-7-5-8-9/h2-5,7-8H2,1H3. The van der Waals surface area contributed by atoms with E-state index in [0.29, 0.717) is 0 Å². The molecule has 0 aliphatic heterocycles. The molecule has 0 atom stereocenters. The van der Waals surface area contributed by atoms with Crippen LogP contribution in [0.3, 0.4) is 0 Å². The summed E-state index contributed by atoms with van der Waals surface area (Å²) < 4.78 is 0. The summed E-state index contributed by atoms with van der Waals surface area (Å²) in [5.41, 5.74) is 1.59. The third kappa shape index (κ3) is 2.21. The number of rotatable bonds is 3.